The van der Waals surface area contributed by atoms with Gasteiger partial charge in [-0.15, -0.1) is 0 Å². The molecule has 2 aliphatic rings. The Bertz CT molecular complexity index is 636. The van der Waals surface area contributed by atoms with Crippen LogP contribution in [-0.4, -0.2) is 59.5 Å². The molecule has 1 spiro atoms. The topological polar surface area (TPSA) is 60.9 Å². The molecule has 0 aliphatic carbocycles. The Morgan fingerprint density at radius 2 is 1.92 bits per heavy atom. The van der Waals surface area contributed by atoms with Crippen LogP contribution in [0.3, 0.4) is 0 Å². The van der Waals surface area contributed by atoms with Gasteiger partial charge in [0.2, 0.25) is 11.8 Å². The number of hydrogen-bond donors (Lipinski definition) is 1. The third kappa shape index (κ3) is 4.03. The van der Waals surface area contributed by atoms with Crippen LogP contribution in [0.4, 0.5) is 0 Å². The van der Waals surface area contributed by atoms with Crippen LogP contribution in [0.25, 0.3) is 0 Å². The van der Waals surface area contributed by atoms with Gasteiger partial charge in [0, 0.05) is 32.6 Å². The second kappa shape index (κ2) is 7.56. The van der Waals surface area contributed by atoms with Gasteiger partial charge in [-0.2, -0.15) is 0 Å². The highest BCUT2D eigenvalue weighted by Crippen LogP contribution is 2.40. The number of carbonyl (C=O) groups excluding carboxylic acids is 2. The van der Waals surface area contributed by atoms with E-state index in [0.29, 0.717) is 19.4 Å². The first kappa shape index (κ1) is 17.9. The number of β-amino-alcohol motifs (C(OH)–C–C–N with tert-alkyl or cyclic N) is 1. The number of nitrogens with zero attached hydrogens (tertiary/aromatic N) is 2. The number of rotatable bonds is 4. The van der Waals surface area contributed by atoms with Crippen molar-refractivity contribution in [2.24, 2.45) is 5.41 Å². The normalized spacial score (nSPS) is 20.2. The standard InChI is InChI=1S/C20H28N2O3/c1-16-4-2-3-5-17(16)14-19(25)21-10-8-20(9-11-21)7-6-18(24)22(15-20)12-13-23/h2-5,23H,6-15H2,1H3. The summed E-state index contributed by atoms with van der Waals surface area (Å²) in [5, 5.41) is 9.15. The summed E-state index contributed by atoms with van der Waals surface area (Å²) >= 11 is 0. The molecule has 0 atom stereocenters. The van der Waals surface area contributed by atoms with Gasteiger partial charge in [-0.05, 0) is 42.7 Å². The second-order valence-corrected chi connectivity index (χ2v) is 7.52. The summed E-state index contributed by atoms with van der Waals surface area (Å²) in [4.78, 5) is 28.4. The van der Waals surface area contributed by atoms with Gasteiger partial charge in [0.1, 0.15) is 0 Å². The molecule has 5 nitrogen and oxygen atoms in total. The molecular formula is C20H28N2O3. The largest absolute Gasteiger partial charge is 0.395 e. The van der Waals surface area contributed by atoms with Crippen molar-refractivity contribution in [3.05, 3.63) is 35.4 Å². The Kier molecular flexibility index (Phi) is 5.42. The van der Waals surface area contributed by atoms with E-state index in [1.807, 2.05) is 36.1 Å². The van der Waals surface area contributed by atoms with Crippen LogP contribution in [0.2, 0.25) is 0 Å². The van der Waals surface area contributed by atoms with Crippen LogP contribution in [0.15, 0.2) is 24.3 Å². The Morgan fingerprint density at radius 1 is 1.20 bits per heavy atom. The second-order valence-electron chi connectivity index (χ2n) is 7.52. The maximum Gasteiger partial charge on any atom is 0.226 e. The highest BCUT2D eigenvalue weighted by Gasteiger charge is 2.41. The van der Waals surface area contributed by atoms with E-state index in [-0.39, 0.29) is 23.8 Å². The zero-order valence-corrected chi connectivity index (χ0v) is 15.0. The number of piperidine rings is 2. The van der Waals surface area contributed by atoms with Crippen molar-refractivity contribution in [1.29, 1.82) is 0 Å². The minimum atomic E-state index is 0.0167. The first-order valence-corrected chi connectivity index (χ1v) is 9.24. The molecule has 1 aromatic carbocycles. The smallest absolute Gasteiger partial charge is 0.226 e. The van der Waals surface area contributed by atoms with E-state index >= 15 is 0 Å². The van der Waals surface area contributed by atoms with Gasteiger partial charge < -0.3 is 14.9 Å². The Balaban J connectivity index is 1.57. The Morgan fingerprint density at radius 3 is 2.60 bits per heavy atom. The fourth-order valence-corrected chi connectivity index (χ4v) is 4.15. The number of aryl methyl sites for hydroxylation is 1. The summed E-state index contributed by atoms with van der Waals surface area (Å²) in [5.41, 5.74) is 2.39. The van der Waals surface area contributed by atoms with Crippen molar-refractivity contribution in [3.63, 3.8) is 0 Å². The molecular weight excluding hydrogens is 316 g/mol. The van der Waals surface area contributed by atoms with Crippen molar-refractivity contribution >= 4 is 11.8 Å². The van der Waals surface area contributed by atoms with E-state index < -0.39 is 0 Å². The van der Waals surface area contributed by atoms with E-state index in [1.165, 1.54) is 0 Å². The summed E-state index contributed by atoms with van der Waals surface area (Å²) < 4.78 is 0. The molecule has 0 aromatic heterocycles. The molecule has 2 saturated heterocycles. The fourth-order valence-electron chi connectivity index (χ4n) is 4.15. The predicted octanol–water partition coefficient (Wildman–Crippen LogP) is 1.76. The van der Waals surface area contributed by atoms with Gasteiger partial charge in [-0.3, -0.25) is 9.59 Å². The zero-order valence-electron chi connectivity index (χ0n) is 15.0. The average Bonchev–Trinajstić information content (AvgIpc) is 2.61. The van der Waals surface area contributed by atoms with Crippen LogP contribution in [0, 0.1) is 12.3 Å². The van der Waals surface area contributed by atoms with Crippen molar-refractivity contribution in [1.82, 2.24) is 9.80 Å². The van der Waals surface area contributed by atoms with Crippen LogP contribution in [-0.2, 0) is 16.0 Å². The quantitative estimate of drug-likeness (QED) is 0.905. The maximum atomic E-state index is 12.6. The molecule has 3 rings (SSSR count). The SMILES string of the molecule is Cc1ccccc1CC(=O)N1CCC2(CCC(=O)N(CCO)C2)CC1. The predicted molar refractivity (Wildman–Crippen MR) is 96.0 cm³/mol. The lowest BCUT2D eigenvalue weighted by atomic mass is 9.72. The summed E-state index contributed by atoms with van der Waals surface area (Å²) in [6.07, 6.45) is 3.84. The fraction of sp³-hybridized carbons (Fsp3) is 0.600. The minimum Gasteiger partial charge on any atom is -0.395 e. The number of aliphatic hydroxyl groups excluding tert-OH is 1. The maximum absolute atomic E-state index is 12.6. The van der Waals surface area contributed by atoms with E-state index in [2.05, 4.69) is 0 Å². The third-order valence-electron chi connectivity index (χ3n) is 5.90. The van der Waals surface area contributed by atoms with Crippen LogP contribution in [0.5, 0.6) is 0 Å². The number of aliphatic hydroxyl groups is 1. The molecule has 2 aliphatic heterocycles. The van der Waals surface area contributed by atoms with Gasteiger partial charge in [0.25, 0.3) is 0 Å². The molecule has 25 heavy (non-hydrogen) atoms. The number of amides is 2. The first-order valence-electron chi connectivity index (χ1n) is 9.24. The van der Waals surface area contributed by atoms with E-state index in [9.17, 15) is 9.59 Å². The van der Waals surface area contributed by atoms with Crippen LogP contribution >= 0.6 is 0 Å². The van der Waals surface area contributed by atoms with E-state index in [4.69, 9.17) is 5.11 Å². The molecule has 0 saturated carbocycles. The van der Waals surface area contributed by atoms with Crippen molar-refractivity contribution in [2.75, 3.05) is 32.8 Å². The van der Waals surface area contributed by atoms with Crippen molar-refractivity contribution < 1.29 is 14.7 Å². The van der Waals surface area contributed by atoms with Crippen LogP contribution in [0.1, 0.15) is 36.8 Å². The molecule has 2 fully saturated rings. The molecule has 1 aromatic rings. The Hall–Kier alpha value is -1.88. The number of likely N-dealkylation sites (tertiary alicyclic amines) is 2. The molecule has 2 amide bonds. The average molecular weight is 344 g/mol. The first-order chi connectivity index (χ1) is 12.0. The molecule has 5 heteroatoms. The lowest BCUT2D eigenvalue weighted by molar-refractivity contribution is -0.142. The summed E-state index contributed by atoms with van der Waals surface area (Å²) in [6.45, 7) is 4.76. The van der Waals surface area contributed by atoms with Crippen molar-refractivity contribution in [3.8, 4) is 0 Å². The van der Waals surface area contributed by atoms with Gasteiger partial charge in [-0.1, -0.05) is 24.3 Å². The molecule has 0 unspecified atom stereocenters. The summed E-state index contributed by atoms with van der Waals surface area (Å²) in [7, 11) is 0. The highest BCUT2D eigenvalue weighted by atomic mass is 16.3. The number of hydrogen-bond acceptors (Lipinski definition) is 3. The molecule has 1 N–H and O–H groups in total. The zero-order chi connectivity index (χ0) is 17.9. The van der Waals surface area contributed by atoms with E-state index in [0.717, 1.165) is 50.0 Å². The van der Waals surface area contributed by atoms with Gasteiger partial charge in [0.15, 0.2) is 0 Å². The lowest BCUT2D eigenvalue weighted by Crippen LogP contribution is -2.53. The summed E-state index contributed by atoms with van der Waals surface area (Å²) in [6, 6.07) is 8.05. The number of carbonyl (C=O) groups is 2. The molecule has 0 bridgehead atoms. The minimum absolute atomic E-state index is 0.0167. The van der Waals surface area contributed by atoms with Crippen LogP contribution < -0.4 is 0 Å². The summed E-state index contributed by atoms with van der Waals surface area (Å²) in [5.74, 6) is 0.348. The number of benzene rings is 1. The van der Waals surface area contributed by atoms with E-state index in [1.54, 1.807) is 4.90 Å². The van der Waals surface area contributed by atoms with Gasteiger partial charge in [-0.25, -0.2) is 0 Å². The molecule has 136 valence electrons. The monoisotopic (exact) mass is 344 g/mol. The lowest BCUT2D eigenvalue weighted by Gasteiger charge is -2.47. The molecule has 2 heterocycles. The van der Waals surface area contributed by atoms with Gasteiger partial charge >= 0.3 is 0 Å². The van der Waals surface area contributed by atoms with Gasteiger partial charge in [0.05, 0.1) is 13.0 Å². The Labute approximate surface area is 149 Å². The third-order valence-corrected chi connectivity index (χ3v) is 5.90. The van der Waals surface area contributed by atoms with Crippen molar-refractivity contribution in [2.45, 2.75) is 39.0 Å². The highest BCUT2D eigenvalue weighted by molar-refractivity contribution is 5.79. The molecule has 0 radical (unpaired) electrons.